The number of nitrogens with one attached hydrogen (secondary N) is 1. The van der Waals surface area contributed by atoms with Crippen molar-refractivity contribution in [2.24, 2.45) is 5.10 Å². The van der Waals surface area contributed by atoms with Crippen LogP contribution in [0.1, 0.15) is 19.4 Å². The molecule has 0 amide bonds. The van der Waals surface area contributed by atoms with E-state index in [0.29, 0.717) is 5.02 Å². The molecule has 22 heavy (non-hydrogen) atoms. The number of halogens is 3. The molecule has 0 bridgehead atoms. The van der Waals surface area contributed by atoms with Gasteiger partial charge in [0.15, 0.2) is 0 Å². The Morgan fingerprint density at radius 3 is 2.27 bits per heavy atom. The van der Waals surface area contributed by atoms with Gasteiger partial charge in [-0.15, -0.1) is 0 Å². The topological polar surface area (TPSA) is 33.6 Å². The lowest BCUT2D eigenvalue weighted by molar-refractivity contribution is 0.239. The molecule has 0 saturated heterocycles. The standard InChI is InChI=1S/C16H15Br2ClN2O/c1-10(2)22-16-14(17)7-11(8-15(16)18)9-20-21-13-5-3-12(19)4-6-13/h3-10,21H,1-2H3/b20-9+. The van der Waals surface area contributed by atoms with Gasteiger partial charge in [0.2, 0.25) is 0 Å². The minimum atomic E-state index is 0.110. The van der Waals surface area contributed by atoms with Gasteiger partial charge in [0.05, 0.1) is 27.0 Å². The number of rotatable bonds is 5. The van der Waals surface area contributed by atoms with E-state index in [2.05, 4.69) is 42.4 Å². The van der Waals surface area contributed by atoms with Crippen molar-refractivity contribution in [3.05, 3.63) is 55.9 Å². The molecule has 116 valence electrons. The number of hydrazone groups is 1. The quantitative estimate of drug-likeness (QED) is 0.445. The van der Waals surface area contributed by atoms with Gasteiger partial charge in [-0.3, -0.25) is 5.43 Å². The van der Waals surface area contributed by atoms with E-state index in [1.807, 2.05) is 50.2 Å². The van der Waals surface area contributed by atoms with E-state index in [0.717, 1.165) is 25.9 Å². The highest BCUT2D eigenvalue weighted by Crippen LogP contribution is 2.35. The van der Waals surface area contributed by atoms with E-state index >= 15 is 0 Å². The van der Waals surface area contributed by atoms with Gasteiger partial charge in [0, 0.05) is 5.02 Å². The lowest BCUT2D eigenvalue weighted by Gasteiger charge is -2.13. The molecule has 0 spiro atoms. The molecule has 3 nitrogen and oxygen atoms in total. The first kappa shape index (κ1) is 17.3. The maximum Gasteiger partial charge on any atom is 0.148 e. The van der Waals surface area contributed by atoms with Crippen LogP contribution in [-0.2, 0) is 0 Å². The fourth-order valence-electron chi connectivity index (χ4n) is 1.71. The van der Waals surface area contributed by atoms with Crippen LogP contribution in [0.25, 0.3) is 0 Å². The molecule has 0 aliphatic heterocycles. The second-order valence-electron chi connectivity index (χ2n) is 4.86. The van der Waals surface area contributed by atoms with Crippen LogP contribution in [0.4, 0.5) is 5.69 Å². The molecule has 6 heteroatoms. The Kier molecular flexibility index (Phi) is 6.29. The molecule has 2 rings (SSSR count). The maximum absolute atomic E-state index is 5.84. The smallest absolute Gasteiger partial charge is 0.148 e. The van der Waals surface area contributed by atoms with Crippen molar-refractivity contribution in [1.29, 1.82) is 0 Å². The molecule has 0 aliphatic carbocycles. The van der Waals surface area contributed by atoms with Crippen molar-refractivity contribution in [2.75, 3.05) is 5.43 Å². The van der Waals surface area contributed by atoms with Crippen LogP contribution in [0.2, 0.25) is 5.02 Å². The Morgan fingerprint density at radius 1 is 1.14 bits per heavy atom. The van der Waals surface area contributed by atoms with Crippen molar-refractivity contribution in [1.82, 2.24) is 0 Å². The Hall–Kier alpha value is -1.04. The summed E-state index contributed by atoms with van der Waals surface area (Å²) in [6.45, 7) is 3.98. The number of hydrogen-bond donors (Lipinski definition) is 1. The molecule has 0 saturated carbocycles. The molecular weight excluding hydrogens is 431 g/mol. The molecule has 0 atom stereocenters. The summed E-state index contributed by atoms with van der Waals surface area (Å²) < 4.78 is 7.51. The first-order valence-corrected chi connectivity index (χ1v) is 8.62. The van der Waals surface area contributed by atoms with E-state index in [1.165, 1.54) is 0 Å². The van der Waals surface area contributed by atoms with E-state index in [9.17, 15) is 0 Å². The molecule has 0 unspecified atom stereocenters. The number of ether oxygens (including phenoxy) is 1. The third kappa shape index (κ3) is 5.00. The van der Waals surface area contributed by atoms with Crippen LogP contribution in [0.3, 0.4) is 0 Å². The predicted molar refractivity (Wildman–Crippen MR) is 100 cm³/mol. The van der Waals surface area contributed by atoms with E-state index < -0.39 is 0 Å². The number of nitrogens with zero attached hydrogens (tertiary/aromatic N) is 1. The maximum atomic E-state index is 5.84. The fraction of sp³-hybridized carbons (Fsp3) is 0.188. The predicted octanol–water partition coefficient (Wildman–Crippen LogP) is 6.10. The number of anilines is 1. The third-order valence-electron chi connectivity index (χ3n) is 2.63. The third-order valence-corrected chi connectivity index (χ3v) is 4.06. The van der Waals surface area contributed by atoms with Crippen LogP contribution >= 0.6 is 43.5 Å². The van der Waals surface area contributed by atoms with Crippen molar-refractivity contribution < 1.29 is 4.74 Å². The summed E-state index contributed by atoms with van der Waals surface area (Å²) in [4.78, 5) is 0. The average Bonchev–Trinajstić information content (AvgIpc) is 2.45. The van der Waals surface area contributed by atoms with Crippen LogP contribution in [0.15, 0.2) is 50.4 Å². The second kappa shape index (κ2) is 7.99. The highest BCUT2D eigenvalue weighted by Gasteiger charge is 2.09. The first-order chi connectivity index (χ1) is 10.5. The van der Waals surface area contributed by atoms with Crippen molar-refractivity contribution in [3.63, 3.8) is 0 Å². The molecule has 0 aromatic heterocycles. The summed E-state index contributed by atoms with van der Waals surface area (Å²) >= 11 is 12.9. The first-order valence-electron chi connectivity index (χ1n) is 6.66. The van der Waals surface area contributed by atoms with Gasteiger partial charge < -0.3 is 4.74 Å². The Labute approximate surface area is 152 Å². The lowest BCUT2D eigenvalue weighted by Crippen LogP contribution is -2.06. The Morgan fingerprint density at radius 2 is 1.73 bits per heavy atom. The molecule has 0 fully saturated rings. The minimum absolute atomic E-state index is 0.110. The molecule has 2 aromatic carbocycles. The zero-order valence-corrected chi connectivity index (χ0v) is 16.0. The molecule has 2 aromatic rings. The largest absolute Gasteiger partial charge is 0.489 e. The zero-order valence-electron chi connectivity index (χ0n) is 12.1. The highest BCUT2D eigenvalue weighted by atomic mass is 79.9. The van der Waals surface area contributed by atoms with E-state index in [1.54, 1.807) is 6.21 Å². The van der Waals surface area contributed by atoms with Gasteiger partial charge in [-0.25, -0.2) is 0 Å². The number of benzene rings is 2. The van der Waals surface area contributed by atoms with E-state index in [-0.39, 0.29) is 6.10 Å². The minimum Gasteiger partial charge on any atom is -0.489 e. The summed E-state index contributed by atoms with van der Waals surface area (Å²) in [5, 5.41) is 4.91. The summed E-state index contributed by atoms with van der Waals surface area (Å²) in [5.74, 6) is 0.790. The van der Waals surface area contributed by atoms with Crippen molar-refractivity contribution in [2.45, 2.75) is 20.0 Å². The van der Waals surface area contributed by atoms with Crippen molar-refractivity contribution >= 4 is 55.4 Å². The van der Waals surface area contributed by atoms with E-state index in [4.69, 9.17) is 16.3 Å². The van der Waals surface area contributed by atoms with Crippen molar-refractivity contribution in [3.8, 4) is 5.75 Å². The summed E-state index contributed by atoms with van der Waals surface area (Å²) in [6.07, 6.45) is 1.85. The van der Waals surface area contributed by atoms with Crippen LogP contribution in [0, 0.1) is 0 Å². The van der Waals surface area contributed by atoms with Gasteiger partial charge in [0.1, 0.15) is 5.75 Å². The number of hydrogen-bond acceptors (Lipinski definition) is 3. The normalized spacial score (nSPS) is 11.2. The zero-order chi connectivity index (χ0) is 16.1. The molecule has 0 aliphatic rings. The van der Waals surface area contributed by atoms with Gasteiger partial charge in [-0.1, -0.05) is 11.6 Å². The average molecular weight is 447 g/mol. The van der Waals surface area contributed by atoms with Gasteiger partial charge in [-0.2, -0.15) is 5.10 Å². The molecular formula is C16H15Br2ClN2O. The summed E-state index contributed by atoms with van der Waals surface area (Å²) in [7, 11) is 0. The molecule has 1 N–H and O–H groups in total. The highest BCUT2D eigenvalue weighted by molar-refractivity contribution is 9.11. The van der Waals surface area contributed by atoms with Crippen LogP contribution in [-0.4, -0.2) is 12.3 Å². The lowest BCUT2D eigenvalue weighted by atomic mass is 10.2. The second-order valence-corrected chi connectivity index (χ2v) is 7.00. The van der Waals surface area contributed by atoms with Gasteiger partial charge in [0.25, 0.3) is 0 Å². The summed E-state index contributed by atoms with van der Waals surface area (Å²) in [6, 6.07) is 11.3. The monoisotopic (exact) mass is 444 g/mol. The van der Waals surface area contributed by atoms with Gasteiger partial charge >= 0.3 is 0 Å². The van der Waals surface area contributed by atoms with Gasteiger partial charge in [-0.05, 0) is 87.7 Å². The molecule has 0 radical (unpaired) electrons. The van der Waals surface area contributed by atoms with Crippen LogP contribution in [0.5, 0.6) is 5.75 Å². The molecule has 0 heterocycles. The summed E-state index contributed by atoms with van der Waals surface area (Å²) in [5.41, 5.74) is 4.77. The van der Waals surface area contributed by atoms with Crippen LogP contribution < -0.4 is 10.2 Å². The SMILES string of the molecule is CC(C)Oc1c(Br)cc(/C=N/Nc2ccc(Cl)cc2)cc1Br. The Balaban J connectivity index is 2.09. The Bertz CT molecular complexity index is 649. The fourth-order valence-corrected chi connectivity index (χ4v) is 3.24.